The number of carbonyl (C=O) groups is 1. The highest BCUT2D eigenvalue weighted by molar-refractivity contribution is 5.81. The maximum atomic E-state index is 13.5. The molecule has 10 heteroatoms. The van der Waals surface area contributed by atoms with E-state index in [1.54, 1.807) is 12.0 Å². The molecule has 2 fully saturated rings. The van der Waals surface area contributed by atoms with Crippen LogP contribution in [0.15, 0.2) is 53.3 Å². The van der Waals surface area contributed by atoms with Gasteiger partial charge in [-0.05, 0) is 50.3 Å². The summed E-state index contributed by atoms with van der Waals surface area (Å²) < 4.78 is 13.2. The molecule has 0 unspecified atom stereocenters. The first kappa shape index (κ1) is 29.7. The molecule has 2 aliphatic rings. The lowest BCUT2D eigenvalue weighted by Gasteiger charge is -2.37. The summed E-state index contributed by atoms with van der Waals surface area (Å²) >= 11 is 0. The summed E-state index contributed by atoms with van der Waals surface area (Å²) in [4.78, 5) is 38.2. The number of aromatic amines is 1. The number of anilines is 1. The number of H-pyrrole nitrogens is 1. The number of aryl methyl sites for hydroxylation is 1. The van der Waals surface area contributed by atoms with E-state index >= 15 is 0 Å². The second-order valence-corrected chi connectivity index (χ2v) is 11.9. The van der Waals surface area contributed by atoms with Crippen LogP contribution in [0, 0.1) is 0 Å². The van der Waals surface area contributed by atoms with E-state index in [2.05, 4.69) is 9.88 Å². The van der Waals surface area contributed by atoms with Crippen molar-refractivity contribution in [1.29, 1.82) is 0 Å². The van der Waals surface area contributed by atoms with Crippen LogP contribution < -0.4 is 15.2 Å². The molecule has 0 atom stereocenters. The van der Waals surface area contributed by atoms with Crippen molar-refractivity contribution in [3.63, 3.8) is 0 Å². The monoisotopic (exact) mass is 598 g/mol. The van der Waals surface area contributed by atoms with Crippen molar-refractivity contribution < 1.29 is 14.3 Å². The molecule has 2 aromatic carbocycles. The van der Waals surface area contributed by atoms with Crippen LogP contribution in [0.3, 0.4) is 0 Å². The average molecular weight is 599 g/mol. The lowest BCUT2D eigenvalue weighted by Crippen LogP contribution is -2.45. The molecule has 4 aromatic rings. The fraction of sp³-hybridized carbons (Fsp3) is 0.471. The van der Waals surface area contributed by atoms with Crippen LogP contribution in [-0.4, -0.2) is 64.0 Å². The lowest BCUT2D eigenvalue weighted by molar-refractivity contribution is 0.0862. The van der Waals surface area contributed by atoms with Gasteiger partial charge in [-0.3, -0.25) is 4.79 Å². The number of methoxy groups -OCH3 is 1. The van der Waals surface area contributed by atoms with Crippen LogP contribution in [0.2, 0.25) is 0 Å². The minimum atomic E-state index is -0.299. The van der Waals surface area contributed by atoms with Crippen molar-refractivity contribution in [3.05, 3.63) is 70.1 Å². The number of rotatable bonds is 8. The van der Waals surface area contributed by atoms with Crippen LogP contribution in [-0.2, 0) is 17.9 Å². The van der Waals surface area contributed by atoms with Crippen LogP contribution in [0.5, 0.6) is 5.75 Å². The average Bonchev–Trinajstić information content (AvgIpc) is 3.47. The number of benzene rings is 2. The minimum absolute atomic E-state index is 0.110. The fourth-order valence-corrected chi connectivity index (χ4v) is 6.67. The van der Waals surface area contributed by atoms with Gasteiger partial charge in [0.15, 0.2) is 5.65 Å². The van der Waals surface area contributed by atoms with E-state index in [-0.39, 0.29) is 24.3 Å². The molecule has 6 rings (SSSR count). The number of nitrogens with zero attached hydrogens (tertiary/aromatic N) is 5. The second kappa shape index (κ2) is 13.1. The SMILES string of the molecule is CCn1nc(C2CCCCC2)c2c(=O)[nH]c(-c3ccc(N4CCC(N(C)C(=O)OCc5ccccc5)CC4)cc3OC)nc21. The molecule has 1 saturated heterocycles. The third-order valence-corrected chi connectivity index (χ3v) is 9.23. The van der Waals surface area contributed by atoms with E-state index in [0.717, 1.165) is 61.3 Å². The molecule has 10 nitrogen and oxygen atoms in total. The van der Waals surface area contributed by atoms with E-state index in [4.69, 9.17) is 19.6 Å². The van der Waals surface area contributed by atoms with Gasteiger partial charge < -0.3 is 24.3 Å². The lowest BCUT2D eigenvalue weighted by atomic mass is 9.86. The number of carbonyl (C=O) groups excluding carboxylic acids is 1. The number of fused-ring (bicyclic) bond motifs is 1. The van der Waals surface area contributed by atoms with E-state index < -0.39 is 0 Å². The first-order valence-electron chi connectivity index (χ1n) is 15.8. The molecule has 0 bridgehead atoms. The highest BCUT2D eigenvalue weighted by Crippen LogP contribution is 2.36. The molecular formula is C34H42N6O4. The Labute approximate surface area is 258 Å². The number of hydrogen-bond acceptors (Lipinski definition) is 7. The van der Waals surface area contributed by atoms with Gasteiger partial charge in [0.05, 0.1) is 18.4 Å². The third kappa shape index (κ3) is 6.02. The molecule has 232 valence electrons. The summed E-state index contributed by atoms with van der Waals surface area (Å²) in [6.07, 6.45) is 7.09. The standard InChI is InChI=1S/C34H42N6O4/c1-4-40-32-29(30(37-40)24-13-9-6-10-14-24)33(41)36-31(35-32)27-16-15-26(21-28(27)43-3)39-19-17-25(18-20-39)38(2)34(42)44-22-23-11-7-5-8-12-23/h5,7-8,11-12,15-16,21,24-25H,4,6,9-10,13-14,17-20,22H2,1-3H3,(H,35,36,41). The number of amides is 1. The summed E-state index contributed by atoms with van der Waals surface area (Å²) in [5.74, 6) is 1.43. The summed E-state index contributed by atoms with van der Waals surface area (Å²) in [7, 11) is 3.46. The largest absolute Gasteiger partial charge is 0.496 e. The van der Waals surface area contributed by atoms with Gasteiger partial charge in [0.2, 0.25) is 0 Å². The topological polar surface area (TPSA) is 106 Å². The van der Waals surface area contributed by atoms with Gasteiger partial charge in [-0.15, -0.1) is 0 Å². The summed E-state index contributed by atoms with van der Waals surface area (Å²) in [6, 6.07) is 15.8. The highest BCUT2D eigenvalue weighted by Gasteiger charge is 2.28. The van der Waals surface area contributed by atoms with Gasteiger partial charge >= 0.3 is 6.09 Å². The minimum Gasteiger partial charge on any atom is -0.496 e. The number of ether oxygens (including phenoxy) is 2. The molecule has 44 heavy (non-hydrogen) atoms. The summed E-state index contributed by atoms with van der Waals surface area (Å²) in [5.41, 5.74) is 4.11. The zero-order valence-corrected chi connectivity index (χ0v) is 25.9. The van der Waals surface area contributed by atoms with E-state index in [0.29, 0.717) is 35.1 Å². The van der Waals surface area contributed by atoms with Crippen LogP contribution in [0.25, 0.3) is 22.4 Å². The predicted molar refractivity (Wildman–Crippen MR) is 171 cm³/mol. The van der Waals surface area contributed by atoms with Crippen molar-refractivity contribution in [3.8, 4) is 17.1 Å². The molecular weight excluding hydrogens is 556 g/mol. The second-order valence-electron chi connectivity index (χ2n) is 11.9. The Bertz CT molecular complexity index is 1650. The number of aromatic nitrogens is 4. The zero-order valence-electron chi connectivity index (χ0n) is 25.9. The summed E-state index contributed by atoms with van der Waals surface area (Å²) in [5, 5.41) is 5.48. The Morgan fingerprint density at radius 3 is 2.50 bits per heavy atom. The molecule has 1 aliphatic carbocycles. The summed E-state index contributed by atoms with van der Waals surface area (Å²) in [6.45, 7) is 4.54. The Kier molecular flexibility index (Phi) is 8.86. The normalized spacial score (nSPS) is 16.3. The molecule has 0 radical (unpaired) electrons. The fourth-order valence-electron chi connectivity index (χ4n) is 6.67. The van der Waals surface area contributed by atoms with Gasteiger partial charge in [0, 0.05) is 50.4 Å². The molecule has 3 heterocycles. The first-order chi connectivity index (χ1) is 21.5. The molecule has 1 saturated carbocycles. The van der Waals surface area contributed by atoms with Crippen LogP contribution in [0.1, 0.15) is 69.0 Å². The van der Waals surface area contributed by atoms with Crippen molar-refractivity contribution in [1.82, 2.24) is 24.6 Å². The molecule has 1 N–H and O–H groups in total. The van der Waals surface area contributed by atoms with Crippen molar-refractivity contribution >= 4 is 22.8 Å². The Balaban J connectivity index is 1.16. The predicted octanol–water partition coefficient (Wildman–Crippen LogP) is 6.10. The maximum absolute atomic E-state index is 13.5. The highest BCUT2D eigenvalue weighted by atomic mass is 16.6. The molecule has 1 amide bonds. The maximum Gasteiger partial charge on any atom is 0.410 e. The number of hydrogen-bond donors (Lipinski definition) is 1. The third-order valence-electron chi connectivity index (χ3n) is 9.23. The van der Waals surface area contributed by atoms with E-state index in [1.165, 1.54) is 19.3 Å². The van der Waals surface area contributed by atoms with Crippen molar-refractivity contribution in [2.75, 3.05) is 32.1 Å². The van der Waals surface area contributed by atoms with Crippen LogP contribution in [0.4, 0.5) is 10.5 Å². The number of nitrogens with one attached hydrogen (secondary N) is 1. The van der Waals surface area contributed by atoms with Gasteiger partial charge in [-0.25, -0.2) is 14.5 Å². The molecule has 0 spiro atoms. The first-order valence-corrected chi connectivity index (χ1v) is 15.8. The quantitative estimate of drug-likeness (QED) is 0.261. The van der Waals surface area contributed by atoms with Crippen molar-refractivity contribution in [2.24, 2.45) is 0 Å². The van der Waals surface area contributed by atoms with Gasteiger partial charge in [-0.1, -0.05) is 49.6 Å². The smallest absolute Gasteiger partial charge is 0.410 e. The van der Waals surface area contributed by atoms with Gasteiger partial charge in [0.1, 0.15) is 23.6 Å². The molecule has 2 aromatic heterocycles. The number of piperidine rings is 1. The Morgan fingerprint density at radius 1 is 1.05 bits per heavy atom. The van der Waals surface area contributed by atoms with E-state index in [9.17, 15) is 9.59 Å². The Hall–Kier alpha value is -4.34. The van der Waals surface area contributed by atoms with Crippen molar-refractivity contribution in [2.45, 2.75) is 77.0 Å². The zero-order chi connectivity index (χ0) is 30.6. The molecule has 1 aliphatic heterocycles. The van der Waals surface area contributed by atoms with Gasteiger partial charge in [0.25, 0.3) is 5.56 Å². The van der Waals surface area contributed by atoms with E-state index in [1.807, 2.05) is 67.2 Å². The van der Waals surface area contributed by atoms with Gasteiger partial charge in [-0.2, -0.15) is 5.10 Å². The Morgan fingerprint density at radius 2 is 1.80 bits per heavy atom. The van der Waals surface area contributed by atoms with Crippen LogP contribution >= 0.6 is 0 Å².